The van der Waals surface area contributed by atoms with Crippen molar-refractivity contribution in [3.8, 4) is 16.9 Å². The summed E-state index contributed by atoms with van der Waals surface area (Å²) in [7, 11) is -3.82. The number of hydrogen-bond acceptors (Lipinski definition) is 4. The minimum absolute atomic E-state index is 0.0352. The van der Waals surface area contributed by atoms with Crippen LogP contribution >= 0.6 is 11.6 Å². The monoisotopic (exact) mass is 428 g/mol. The molecule has 0 amide bonds. The Morgan fingerprint density at radius 1 is 1.00 bits per heavy atom. The SMILES string of the molecule is Cc1ccc(S(=O)(=O)OCC2CCc3cccc(-c4ccccc4Cl)c3O2)cc1. The van der Waals surface area contributed by atoms with E-state index in [-0.39, 0.29) is 17.6 Å². The molecular weight excluding hydrogens is 408 g/mol. The van der Waals surface area contributed by atoms with Crippen molar-refractivity contribution in [1.29, 1.82) is 0 Å². The van der Waals surface area contributed by atoms with Crippen LogP contribution in [0.1, 0.15) is 17.5 Å². The summed E-state index contributed by atoms with van der Waals surface area (Å²) in [5.41, 5.74) is 3.86. The Kier molecular flexibility index (Phi) is 5.63. The molecule has 0 aromatic heterocycles. The summed E-state index contributed by atoms with van der Waals surface area (Å²) in [5.74, 6) is 0.744. The van der Waals surface area contributed by atoms with E-state index in [1.807, 2.05) is 49.4 Å². The molecule has 0 N–H and O–H groups in total. The lowest BCUT2D eigenvalue weighted by Gasteiger charge is -2.28. The minimum atomic E-state index is -3.82. The van der Waals surface area contributed by atoms with Gasteiger partial charge in [0.1, 0.15) is 18.5 Å². The fraction of sp³-hybridized carbons (Fsp3) is 0.217. The van der Waals surface area contributed by atoms with Crippen LogP contribution in [0.3, 0.4) is 0 Å². The lowest BCUT2D eigenvalue weighted by molar-refractivity contribution is 0.113. The Hall–Kier alpha value is -2.34. The van der Waals surface area contributed by atoms with Crippen LogP contribution in [0.4, 0.5) is 0 Å². The Morgan fingerprint density at radius 3 is 2.48 bits per heavy atom. The normalized spacial score (nSPS) is 16.1. The highest BCUT2D eigenvalue weighted by atomic mass is 35.5. The molecule has 0 fully saturated rings. The van der Waals surface area contributed by atoms with Crippen molar-refractivity contribution in [3.63, 3.8) is 0 Å². The first-order valence-electron chi connectivity index (χ1n) is 9.43. The van der Waals surface area contributed by atoms with Crippen LogP contribution in [0.25, 0.3) is 11.1 Å². The molecule has 150 valence electrons. The van der Waals surface area contributed by atoms with Gasteiger partial charge in [0.05, 0.1) is 4.90 Å². The lowest BCUT2D eigenvalue weighted by atomic mass is 9.96. The number of benzene rings is 3. The van der Waals surface area contributed by atoms with Gasteiger partial charge in [-0.3, -0.25) is 4.18 Å². The standard InChI is InChI=1S/C23H21ClO4S/c1-16-9-13-19(14-10-16)29(25,26)27-15-18-12-11-17-5-4-7-21(23(17)28-18)20-6-2-3-8-22(20)24/h2-10,13-14,18H,11-12,15H2,1H3. The Labute approximate surface area is 176 Å². The number of para-hydroxylation sites is 1. The van der Waals surface area contributed by atoms with Gasteiger partial charge in [0.2, 0.25) is 0 Å². The van der Waals surface area contributed by atoms with Gasteiger partial charge in [-0.25, -0.2) is 0 Å². The summed E-state index contributed by atoms with van der Waals surface area (Å²) < 4.78 is 36.4. The highest BCUT2D eigenvalue weighted by Gasteiger charge is 2.26. The molecule has 0 radical (unpaired) electrons. The molecule has 3 aromatic carbocycles. The van der Waals surface area contributed by atoms with Gasteiger partial charge in [-0.2, -0.15) is 8.42 Å². The fourth-order valence-corrected chi connectivity index (χ4v) is 4.58. The lowest BCUT2D eigenvalue weighted by Crippen LogP contribution is -2.29. The maximum atomic E-state index is 12.5. The molecule has 1 atom stereocenters. The smallest absolute Gasteiger partial charge is 0.297 e. The third-order valence-corrected chi connectivity index (χ3v) is 6.63. The van der Waals surface area contributed by atoms with E-state index in [2.05, 4.69) is 0 Å². The molecule has 4 rings (SSSR count). The number of hydrogen-bond donors (Lipinski definition) is 0. The molecule has 0 saturated carbocycles. The molecule has 0 spiro atoms. The number of fused-ring (bicyclic) bond motifs is 1. The summed E-state index contributed by atoms with van der Waals surface area (Å²) >= 11 is 6.38. The van der Waals surface area contributed by atoms with Crippen LogP contribution in [-0.2, 0) is 20.7 Å². The van der Waals surface area contributed by atoms with E-state index in [9.17, 15) is 8.42 Å². The first-order valence-corrected chi connectivity index (χ1v) is 11.2. The largest absolute Gasteiger partial charge is 0.487 e. The number of halogens is 1. The number of aryl methyl sites for hydroxylation is 2. The second-order valence-corrected chi connectivity index (χ2v) is 9.13. The summed E-state index contributed by atoms with van der Waals surface area (Å²) in [4.78, 5) is 0.149. The maximum absolute atomic E-state index is 12.5. The molecule has 6 heteroatoms. The molecule has 0 saturated heterocycles. The summed E-state index contributed by atoms with van der Waals surface area (Å²) in [6, 6.07) is 20.2. The molecule has 29 heavy (non-hydrogen) atoms. The Morgan fingerprint density at radius 2 is 1.72 bits per heavy atom. The van der Waals surface area contributed by atoms with Gasteiger partial charge < -0.3 is 4.74 Å². The maximum Gasteiger partial charge on any atom is 0.297 e. The van der Waals surface area contributed by atoms with Gasteiger partial charge in [0.15, 0.2) is 0 Å². The average molecular weight is 429 g/mol. The molecule has 1 heterocycles. The van der Waals surface area contributed by atoms with Crippen LogP contribution < -0.4 is 4.74 Å². The van der Waals surface area contributed by atoms with E-state index in [1.165, 1.54) is 0 Å². The average Bonchev–Trinajstić information content (AvgIpc) is 2.72. The first kappa shape index (κ1) is 20.0. The van der Waals surface area contributed by atoms with Gasteiger partial charge in [-0.05, 0) is 43.5 Å². The van der Waals surface area contributed by atoms with Gasteiger partial charge in [0, 0.05) is 16.1 Å². The molecule has 1 aliphatic rings. The van der Waals surface area contributed by atoms with E-state index in [0.717, 1.165) is 34.4 Å². The summed E-state index contributed by atoms with van der Waals surface area (Å²) in [6.07, 6.45) is 1.11. The van der Waals surface area contributed by atoms with Crippen molar-refractivity contribution in [1.82, 2.24) is 0 Å². The zero-order valence-electron chi connectivity index (χ0n) is 16.0. The van der Waals surface area contributed by atoms with Gasteiger partial charge in [-0.1, -0.05) is 65.7 Å². The Bertz CT molecular complexity index is 1120. The number of ether oxygens (including phenoxy) is 1. The highest BCUT2D eigenvalue weighted by Crippen LogP contribution is 2.40. The third kappa shape index (κ3) is 4.32. The molecule has 1 aliphatic heterocycles. The summed E-state index contributed by atoms with van der Waals surface area (Å²) in [6.45, 7) is 1.87. The number of rotatable bonds is 5. The van der Waals surface area contributed by atoms with Crippen molar-refractivity contribution in [3.05, 3.63) is 82.9 Å². The van der Waals surface area contributed by atoms with Crippen molar-refractivity contribution < 1.29 is 17.3 Å². The quantitative estimate of drug-likeness (QED) is 0.509. The molecule has 3 aromatic rings. The fourth-order valence-electron chi connectivity index (χ4n) is 3.41. The van der Waals surface area contributed by atoms with E-state index < -0.39 is 10.1 Å². The van der Waals surface area contributed by atoms with Crippen LogP contribution in [0.15, 0.2) is 71.6 Å². The zero-order chi connectivity index (χ0) is 20.4. The van der Waals surface area contributed by atoms with Gasteiger partial charge in [0.25, 0.3) is 10.1 Å². The molecular formula is C23H21ClO4S. The molecule has 0 aliphatic carbocycles. The van der Waals surface area contributed by atoms with Crippen LogP contribution in [0, 0.1) is 6.92 Å². The Balaban J connectivity index is 1.53. The predicted molar refractivity (Wildman–Crippen MR) is 114 cm³/mol. The van der Waals surface area contributed by atoms with E-state index in [0.29, 0.717) is 11.4 Å². The molecule has 1 unspecified atom stereocenters. The van der Waals surface area contributed by atoms with Gasteiger partial charge in [-0.15, -0.1) is 0 Å². The van der Waals surface area contributed by atoms with Crippen molar-refractivity contribution >= 4 is 21.7 Å². The van der Waals surface area contributed by atoms with Crippen molar-refractivity contribution in [2.24, 2.45) is 0 Å². The van der Waals surface area contributed by atoms with E-state index in [4.69, 9.17) is 20.5 Å². The van der Waals surface area contributed by atoms with E-state index >= 15 is 0 Å². The van der Waals surface area contributed by atoms with Gasteiger partial charge >= 0.3 is 0 Å². The highest BCUT2D eigenvalue weighted by molar-refractivity contribution is 7.86. The van der Waals surface area contributed by atoms with Crippen molar-refractivity contribution in [2.75, 3.05) is 6.61 Å². The second kappa shape index (κ2) is 8.19. The second-order valence-electron chi connectivity index (χ2n) is 7.10. The first-order chi connectivity index (χ1) is 13.9. The third-order valence-electron chi connectivity index (χ3n) is 5.00. The van der Waals surface area contributed by atoms with Crippen LogP contribution in [0.2, 0.25) is 5.02 Å². The molecule has 4 nitrogen and oxygen atoms in total. The molecule has 0 bridgehead atoms. The van der Waals surface area contributed by atoms with Crippen molar-refractivity contribution in [2.45, 2.75) is 30.8 Å². The van der Waals surface area contributed by atoms with Crippen LogP contribution in [-0.4, -0.2) is 21.1 Å². The predicted octanol–water partition coefficient (Wildman–Crippen LogP) is 5.41. The summed E-state index contributed by atoms with van der Waals surface area (Å²) in [5, 5.41) is 0.643. The van der Waals surface area contributed by atoms with E-state index in [1.54, 1.807) is 24.3 Å². The van der Waals surface area contributed by atoms with Crippen LogP contribution in [0.5, 0.6) is 5.75 Å². The topological polar surface area (TPSA) is 52.6 Å². The minimum Gasteiger partial charge on any atom is -0.487 e. The zero-order valence-corrected chi connectivity index (χ0v) is 17.5.